The normalized spacial score (nSPS) is 21.0. The first-order chi connectivity index (χ1) is 14.9. The molecule has 0 atom stereocenters. The van der Waals surface area contributed by atoms with Crippen LogP contribution in [0.5, 0.6) is 0 Å². The van der Waals surface area contributed by atoms with E-state index in [0.29, 0.717) is 51.0 Å². The number of rotatable bonds is 6. The Bertz CT molecular complexity index is 948. The fourth-order valence-corrected chi connectivity index (χ4v) is 4.78. The second-order valence-corrected chi connectivity index (χ2v) is 8.64. The highest BCUT2D eigenvalue weighted by molar-refractivity contribution is 5.77. The quantitative estimate of drug-likeness (QED) is 0.736. The molecule has 1 aliphatic carbocycles. The number of carboxylic acid groups (broad SMARTS) is 1. The molecule has 1 amide bonds. The zero-order chi connectivity index (χ0) is 22.0. The van der Waals surface area contributed by atoms with E-state index in [9.17, 15) is 19.1 Å². The number of hydrogen-bond donors (Lipinski definition) is 2. The van der Waals surface area contributed by atoms with Crippen molar-refractivity contribution >= 4 is 11.9 Å². The van der Waals surface area contributed by atoms with Crippen molar-refractivity contribution in [1.82, 2.24) is 14.7 Å². The number of aliphatic hydroxyl groups excluding tert-OH is 1. The van der Waals surface area contributed by atoms with E-state index in [-0.39, 0.29) is 30.2 Å². The van der Waals surface area contributed by atoms with Gasteiger partial charge in [0.1, 0.15) is 5.82 Å². The van der Waals surface area contributed by atoms with Gasteiger partial charge in [0, 0.05) is 18.5 Å². The van der Waals surface area contributed by atoms with Crippen molar-refractivity contribution in [3.05, 3.63) is 52.6 Å². The maximum atomic E-state index is 13.2. The molecule has 1 fully saturated rings. The number of carbonyl (C=O) groups excluding carboxylic acids is 1. The number of amides is 1. The summed E-state index contributed by atoms with van der Waals surface area (Å²) in [5.41, 5.74) is 3.45. The van der Waals surface area contributed by atoms with Gasteiger partial charge >= 0.3 is 5.97 Å². The Kier molecular flexibility index (Phi) is 6.36. The van der Waals surface area contributed by atoms with E-state index in [4.69, 9.17) is 5.11 Å². The lowest BCUT2D eigenvalue weighted by Crippen LogP contribution is -2.38. The van der Waals surface area contributed by atoms with Crippen molar-refractivity contribution < 1.29 is 24.2 Å². The van der Waals surface area contributed by atoms with Gasteiger partial charge in [0.05, 0.1) is 37.0 Å². The zero-order valence-electron chi connectivity index (χ0n) is 17.5. The van der Waals surface area contributed by atoms with Gasteiger partial charge in [0.25, 0.3) is 0 Å². The van der Waals surface area contributed by atoms with E-state index < -0.39 is 5.97 Å². The number of aliphatic hydroxyl groups is 1. The highest BCUT2D eigenvalue weighted by atomic mass is 19.1. The molecule has 1 aromatic heterocycles. The molecule has 2 aromatic rings. The predicted molar refractivity (Wildman–Crippen MR) is 110 cm³/mol. The summed E-state index contributed by atoms with van der Waals surface area (Å²) in [7, 11) is 0. The SMILES string of the molecule is O=C(O)C1CCC(CC(=O)N2CCc3c(CO)nn(Cc4ccc(F)cc4)c3C2)CC1. The van der Waals surface area contributed by atoms with Crippen LogP contribution in [0.3, 0.4) is 0 Å². The van der Waals surface area contributed by atoms with Crippen molar-refractivity contribution in [2.45, 2.75) is 58.2 Å². The van der Waals surface area contributed by atoms with Crippen molar-refractivity contribution in [1.29, 1.82) is 0 Å². The molecule has 31 heavy (non-hydrogen) atoms. The summed E-state index contributed by atoms with van der Waals surface area (Å²) in [6.45, 7) is 1.32. The van der Waals surface area contributed by atoms with Crippen LogP contribution >= 0.6 is 0 Å². The van der Waals surface area contributed by atoms with Crippen LogP contribution < -0.4 is 0 Å². The molecule has 2 N–H and O–H groups in total. The van der Waals surface area contributed by atoms with E-state index in [1.807, 2.05) is 9.58 Å². The molecule has 7 nitrogen and oxygen atoms in total. The molecule has 1 saturated carbocycles. The summed E-state index contributed by atoms with van der Waals surface area (Å²) < 4.78 is 15.0. The third-order valence-electron chi connectivity index (χ3n) is 6.63. The molecule has 8 heteroatoms. The molecule has 0 spiro atoms. The fourth-order valence-electron chi connectivity index (χ4n) is 4.78. The van der Waals surface area contributed by atoms with Crippen LogP contribution in [0.4, 0.5) is 4.39 Å². The van der Waals surface area contributed by atoms with Gasteiger partial charge in [-0.25, -0.2) is 4.39 Å². The highest BCUT2D eigenvalue weighted by Gasteiger charge is 2.31. The van der Waals surface area contributed by atoms with Crippen LogP contribution in [0.15, 0.2) is 24.3 Å². The first-order valence-corrected chi connectivity index (χ1v) is 10.9. The van der Waals surface area contributed by atoms with Gasteiger partial charge in [-0.15, -0.1) is 0 Å². The van der Waals surface area contributed by atoms with Crippen LogP contribution in [0.1, 0.15) is 54.6 Å². The average molecular weight is 429 g/mol. The monoisotopic (exact) mass is 429 g/mol. The first-order valence-electron chi connectivity index (χ1n) is 10.9. The summed E-state index contributed by atoms with van der Waals surface area (Å²) in [5, 5.41) is 23.4. The second-order valence-electron chi connectivity index (χ2n) is 8.64. The van der Waals surface area contributed by atoms with E-state index in [1.54, 1.807) is 12.1 Å². The fraction of sp³-hybridized carbons (Fsp3) is 0.522. The van der Waals surface area contributed by atoms with Crippen molar-refractivity contribution in [3.8, 4) is 0 Å². The van der Waals surface area contributed by atoms with Gasteiger partial charge in [-0.1, -0.05) is 12.1 Å². The number of hydrogen-bond acceptors (Lipinski definition) is 4. The van der Waals surface area contributed by atoms with Gasteiger partial charge in [0.2, 0.25) is 5.91 Å². The van der Waals surface area contributed by atoms with Crippen LogP contribution in [-0.2, 0) is 35.7 Å². The van der Waals surface area contributed by atoms with E-state index in [1.165, 1.54) is 12.1 Å². The Hall–Kier alpha value is -2.74. The third kappa shape index (κ3) is 4.79. The molecule has 166 valence electrons. The summed E-state index contributed by atoms with van der Waals surface area (Å²) in [6, 6.07) is 6.24. The summed E-state index contributed by atoms with van der Waals surface area (Å²) in [4.78, 5) is 25.9. The summed E-state index contributed by atoms with van der Waals surface area (Å²) >= 11 is 0. The zero-order valence-corrected chi connectivity index (χ0v) is 17.5. The number of aliphatic carboxylic acids is 1. The minimum Gasteiger partial charge on any atom is -0.481 e. The third-order valence-corrected chi connectivity index (χ3v) is 6.63. The number of aromatic nitrogens is 2. The maximum absolute atomic E-state index is 13.2. The highest BCUT2D eigenvalue weighted by Crippen LogP contribution is 2.32. The molecule has 0 unspecified atom stereocenters. The standard InChI is InChI=1S/C23H28FN3O4/c24-18-7-3-16(4-8-18)12-27-21-13-26(10-9-19(21)20(14-28)25-27)22(29)11-15-1-5-17(6-2-15)23(30)31/h3-4,7-8,15,17,28H,1-2,5-6,9-14H2,(H,30,31). The van der Waals surface area contributed by atoms with Crippen LogP contribution in [-0.4, -0.2) is 43.3 Å². The van der Waals surface area contributed by atoms with Gasteiger partial charge in [-0.3, -0.25) is 14.3 Å². The van der Waals surface area contributed by atoms with Gasteiger partial charge in [-0.2, -0.15) is 5.10 Å². The lowest BCUT2D eigenvalue weighted by atomic mass is 9.80. The molecule has 2 aliphatic rings. The summed E-state index contributed by atoms with van der Waals surface area (Å²) in [6.07, 6.45) is 3.92. The topological polar surface area (TPSA) is 95.7 Å². The number of benzene rings is 1. The van der Waals surface area contributed by atoms with E-state index >= 15 is 0 Å². The average Bonchev–Trinajstić information content (AvgIpc) is 3.12. The summed E-state index contributed by atoms with van der Waals surface area (Å²) in [5.74, 6) is -0.980. The van der Waals surface area contributed by atoms with Crippen LogP contribution in [0.25, 0.3) is 0 Å². The molecule has 2 heterocycles. The number of carbonyl (C=O) groups is 2. The van der Waals surface area contributed by atoms with Crippen LogP contribution in [0.2, 0.25) is 0 Å². The Labute approximate surface area is 180 Å². The number of fused-ring (bicyclic) bond motifs is 1. The first kappa shape index (κ1) is 21.5. The minimum atomic E-state index is -0.734. The molecular weight excluding hydrogens is 401 g/mol. The maximum Gasteiger partial charge on any atom is 0.306 e. The Morgan fingerprint density at radius 2 is 1.84 bits per heavy atom. The van der Waals surface area contributed by atoms with E-state index in [2.05, 4.69) is 5.10 Å². The Morgan fingerprint density at radius 3 is 2.48 bits per heavy atom. The Balaban J connectivity index is 1.43. The van der Waals surface area contributed by atoms with Crippen LogP contribution in [0, 0.1) is 17.7 Å². The Morgan fingerprint density at radius 1 is 1.13 bits per heavy atom. The molecule has 0 bridgehead atoms. The molecule has 4 rings (SSSR count). The minimum absolute atomic E-state index is 0.0875. The molecule has 0 radical (unpaired) electrons. The smallest absolute Gasteiger partial charge is 0.306 e. The van der Waals surface area contributed by atoms with Gasteiger partial charge in [0.15, 0.2) is 0 Å². The second kappa shape index (κ2) is 9.18. The molecule has 1 aliphatic heterocycles. The number of carboxylic acids is 1. The van der Waals surface area contributed by atoms with Gasteiger partial charge in [-0.05, 0) is 55.7 Å². The molecular formula is C23H28FN3O4. The van der Waals surface area contributed by atoms with Crippen molar-refractivity contribution in [3.63, 3.8) is 0 Å². The number of nitrogens with zero attached hydrogens (tertiary/aromatic N) is 3. The lowest BCUT2D eigenvalue weighted by Gasteiger charge is -2.31. The predicted octanol–water partition coefficient (Wildman–Crippen LogP) is 2.73. The largest absolute Gasteiger partial charge is 0.481 e. The van der Waals surface area contributed by atoms with Crippen molar-refractivity contribution in [2.75, 3.05) is 6.54 Å². The van der Waals surface area contributed by atoms with Crippen molar-refractivity contribution in [2.24, 2.45) is 11.8 Å². The lowest BCUT2D eigenvalue weighted by molar-refractivity contribution is -0.143. The number of halogens is 1. The van der Waals surface area contributed by atoms with Gasteiger partial charge < -0.3 is 15.1 Å². The van der Waals surface area contributed by atoms with E-state index in [0.717, 1.165) is 29.7 Å². The molecule has 1 aromatic carbocycles. The molecule has 0 saturated heterocycles.